The normalized spacial score (nSPS) is 19.4. The number of furan rings is 1. The molecule has 136 valence electrons. The molecular weight excluding hydrogens is 336 g/mol. The van der Waals surface area contributed by atoms with Gasteiger partial charge in [0.25, 0.3) is 0 Å². The molecule has 1 atom stereocenters. The van der Waals surface area contributed by atoms with Crippen molar-refractivity contribution in [3.63, 3.8) is 0 Å². The van der Waals surface area contributed by atoms with E-state index in [9.17, 15) is 5.11 Å². The maximum absolute atomic E-state index is 9.45. The largest absolute Gasteiger partial charge is 0.465 e. The summed E-state index contributed by atoms with van der Waals surface area (Å²) in [4.78, 5) is 13.5. The minimum Gasteiger partial charge on any atom is -0.465 e. The zero-order valence-electron chi connectivity index (χ0n) is 14.9. The minimum absolute atomic E-state index is 0.206. The topological polar surface area (TPSA) is 65.6 Å². The lowest BCUT2D eigenvalue weighted by Gasteiger charge is -2.41. The molecule has 0 aliphatic carbocycles. The third-order valence-corrected chi connectivity index (χ3v) is 5.15. The molecule has 0 spiro atoms. The summed E-state index contributed by atoms with van der Waals surface area (Å²) < 4.78 is 5.72. The third kappa shape index (κ3) is 5.04. The molecule has 0 bridgehead atoms. The molecule has 1 unspecified atom stereocenters. The number of hydrogen-bond acceptors (Lipinski definition) is 7. The molecule has 0 aromatic carbocycles. The van der Waals surface area contributed by atoms with E-state index in [2.05, 4.69) is 19.8 Å². The maximum atomic E-state index is 9.45. The fourth-order valence-electron chi connectivity index (χ4n) is 3.29. The van der Waals surface area contributed by atoms with Crippen LogP contribution < -0.4 is 0 Å². The quantitative estimate of drug-likeness (QED) is 0.598. The smallest absolute Gasteiger partial charge is 0.187 e. The summed E-state index contributed by atoms with van der Waals surface area (Å²) in [5.41, 5.74) is 1.13. The summed E-state index contributed by atoms with van der Waals surface area (Å²) in [6.45, 7) is 6.72. The van der Waals surface area contributed by atoms with Crippen LogP contribution in [0.4, 0.5) is 0 Å². The Bertz CT molecular complexity index is 661. The monoisotopic (exact) mass is 362 g/mol. The first-order valence-electron chi connectivity index (χ1n) is 8.65. The van der Waals surface area contributed by atoms with E-state index in [-0.39, 0.29) is 6.61 Å². The molecule has 0 radical (unpaired) electrons. The van der Waals surface area contributed by atoms with Gasteiger partial charge in [-0.3, -0.25) is 9.80 Å². The number of nitrogens with zero attached hydrogens (tertiary/aromatic N) is 4. The van der Waals surface area contributed by atoms with Crippen molar-refractivity contribution in [2.75, 3.05) is 32.5 Å². The highest BCUT2D eigenvalue weighted by atomic mass is 32.2. The van der Waals surface area contributed by atoms with Gasteiger partial charge in [0, 0.05) is 56.8 Å². The standard InChI is InChI=1S/C18H26N4O2S/c1-14-3-4-17(24-14)13-22-7-6-21(12-16(22)5-8-23)11-15-9-19-18(25-2)20-10-15/h3-4,9-10,16,23H,5-8,11-13H2,1-2H3. The Hall–Kier alpha value is -1.41. The maximum Gasteiger partial charge on any atom is 0.187 e. The summed E-state index contributed by atoms with van der Waals surface area (Å²) in [6.07, 6.45) is 6.59. The van der Waals surface area contributed by atoms with Crippen LogP contribution in [0.2, 0.25) is 0 Å². The minimum atomic E-state index is 0.206. The molecule has 0 saturated carbocycles. The van der Waals surface area contributed by atoms with Crippen molar-refractivity contribution in [1.29, 1.82) is 0 Å². The van der Waals surface area contributed by atoms with Crippen LogP contribution in [0.3, 0.4) is 0 Å². The van der Waals surface area contributed by atoms with Crippen LogP contribution in [0, 0.1) is 6.92 Å². The van der Waals surface area contributed by atoms with Crippen molar-refractivity contribution < 1.29 is 9.52 Å². The molecule has 2 aromatic heterocycles. The first kappa shape index (κ1) is 18.4. The van der Waals surface area contributed by atoms with Crippen molar-refractivity contribution in [3.05, 3.63) is 41.6 Å². The molecule has 1 aliphatic rings. The van der Waals surface area contributed by atoms with Crippen molar-refractivity contribution in [3.8, 4) is 0 Å². The number of aromatic nitrogens is 2. The van der Waals surface area contributed by atoms with Crippen LogP contribution in [0.15, 0.2) is 34.1 Å². The Kier molecular flexibility index (Phi) is 6.47. The summed E-state index contributed by atoms with van der Waals surface area (Å²) >= 11 is 1.55. The van der Waals surface area contributed by atoms with E-state index >= 15 is 0 Å². The van der Waals surface area contributed by atoms with Gasteiger partial charge in [0.15, 0.2) is 5.16 Å². The highest BCUT2D eigenvalue weighted by molar-refractivity contribution is 7.98. The lowest BCUT2D eigenvalue weighted by atomic mass is 10.1. The summed E-state index contributed by atoms with van der Waals surface area (Å²) in [6, 6.07) is 4.38. The van der Waals surface area contributed by atoms with Crippen LogP contribution >= 0.6 is 11.8 Å². The molecule has 1 aliphatic heterocycles. The summed E-state index contributed by atoms with van der Waals surface area (Å²) in [5.74, 6) is 1.94. The highest BCUT2D eigenvalue weighted by Gasteiger charge is 2.27. The van der Waals surface area contributed by atoms with E-state index in [1.807, 2.05) is 37.7 Å². The predicted octanol–water partition coefficient (Wildman–Crippen LogP) is 2.17. The average Bonchev–Trinajstić information content (AvgIpc) is 3.03. The molecule has 1 saturated heterocycles. The van der Waals surface area contributed by atoms with E-state index < -0.39 is 0 Å². The van der Waals surface area contributed by atoms with Crippen molar-refractivity contribution in [2.45, 2.75) is 37.6 Å². The highest BCUT2D eigenvalue weighted by Crippen LogP contribution is 2.19. The van der Waals surface area contributed by atoms with Gasteiger partial charge in [0.05, 0.1) is 6.54 Å². The molecule has 3 heterocycles. The zero-order chi connectivity index (χ0) is 17.6. The number of piperazine rings is 1. The van der Waals surface area contributed by atoms with Gasteiger partial charge in [-0.2, -0.15) is 0 Å². The van der Waals surface area contributed by atoms with E-state index in [1.165, 1.54) is 0 Å². The molecule has 1 fully saturated rings. The molecule has 1 N–H and O–H groups in total. The number of thioether (sulfide) groups is 1. The fraction of sp³-hybridized carbons (Fsp3) is 0.556. The Morgan fingerprint density at radius 2 is 2.04 bits per heavy atom. The summed E-state index contributed by atoms with van der Waals surface area (Å²) in [7, 11) is 0. The average molecular weight is 362 g/mol. The van der Waals surface area contributed by atoms with Gasteiger partial charge in [0.2, 0.25) is 0 Å². The van der Waals surface area contributed by atoms with Gasteiger partial charge >= 0.3 is 0 Å². The van der Waals surface area contributed by atoms with Gasteiger partial charge in [0.1, 0.15) is 11.5 Å². The van der Waals surface area contributed by atoms with E-state index in [0.29, 0.717) is 6.04 Å². The van der Waals surface area contributed by atoms with Gasteiger partial charge in [-0.25, -0.2) is 9.97 Å². The second-order valence-corrected chi connectivity index (χ2v) is 7.24. The molecule has 7 heteroatoms. The van der Waals surface area contributed by atoms with E-state index in [0.717, 1.165) is 61.4 Å². The van der Waals surface area contributed by atoms with Crippen molar-refractivity contribution in [1.82, 2.24) is 19.8 Å². The van der Waals surface area contributed by atoms with Crippen LogP contribution in [0.5, 0.6) is 0 Å². The van der Waals surface area contributed by atoms with Gasteiger partial charge in [-0.15, -0.1) is 0 Å². The molecular formula is C18H26N4O2S. The lowest BCUT2D eigenvalue weighted by Crippen LogP contribution is -2.52. The number of aliphatic hydroxyl groups excluding tert-OH is 1. The Morgan fingerprint density at radius 1 is 1.24 bits per heavy atom. The predicted molar refractivity (Wildman–Crippen MR) is 98.4 cm³/mol. The molecule has 25 heavy (non-hydrogen) atoms. The molecule has 6 nitrogen and oxygen atoms in total. The fourth-order valence-corrected chi connectivity index (χ4v) is 3.61. The number of aryl methyl sites for hydroxylation is 1. The Morgan fingerprint density at radius 3 is 2.68 bits per heavy atom. The van der Waals surface area contributed by atoms with Crippen molar-refractivity contribution >= 4 is 11.8 Å². The summed E-state index contributed by atoms with van der Waals surface area (Å²) in [5, 5.41) is 10.3. The van der Waals surface area contributed by atoms with Crippen LogP contribution in [0.1, 0.15) is 23.5 Å². The second kappa shape index (κ2) is 8.80. The molecule has 3 rings (SSSR count). The van der Waals surface area contributed by atoms with Crippen LogP contribution in [-0.2, 0) is 13.1 Å². The number of aliphatic hydroxyl groups is 1. The third-order valence-electron chi connectivity index (χ3n) is 4.58. The van der Waals surface area contributed by atoms with E-state index in [4.69, 9.17) is 4.42 Å². The van der Waals surface area contributed by atoms with Crippen LogP contribution in [0.25, 0.3) is 0 Å². The first-order chi connectivity index (χ1) is 12.2. The Labute approximate surface area is 153 Å². The molecule has 2 aromatic rings. The lowest BCUT2D eigenvalue weighted by molar-refractivity contribution is 0.0453. The van der Waals surface area contributed by atoms with Crippen molar-refractivity contribution in [2.24, 2.45) is 0 Å². The van der Waals surface area contributed by atoms with Gasteiger partial charge in [-0.05, 0) is 31.7 Å². The number of hydrogen-bond donors (Lipinski definition) is 1. The Balaban J connectivity index is 1.59. The molecule has 0 amide bonds. The first-order valence-corrected chi connectivity index (χ1v) is 9.88. The van der Waals surface area contributed by atoms with Crippen LogP contribution in [-0.4, -0.2) is 63.4 Å². The van der Waals surface area contributed by atoms with Gasteiger partial charge < -0.3 is 9.52 Å². The second-order valence-electron chi connectivity index (χ2n) is 6.46. The van der Waals surface area contributed by atoms with E-state index in [1.54, 1.807) is 11.8 Å². The zero-order valence-corrected chi connectivity index (χ0v) is 15.7. The van der Waals surface area contributed by atoms with Gasteiger partial charge in [-0.1, -0.05) is 11.8 Å². The SMILES string of the molecule is CSc1ncc(CN2CCN(Cc3ccc(C)o3)C(CCO)C2)cn1. The number of rotatable bonds is 7.